The highest BCUT2D eigenvalue weighted by atomic mass is 16.3. The van der Waals surface area contributed by atoms with E-state index in [0.29, 0.717) is 19.3 Å². The van der Waals surface area contributed by atoms with Gasteiger partial charge in [-0.05, 0) is 25.7 Å². The zero-order valence-electron chi connectivity index (χ0n) is 9.91. The van der Waals surface area contributed by atoms with E-state index in [0.717, 1.165) is 25.7 Å². The monoisotopic (exact) mass is 226 g/mol. The van der Waals surface area contributed by atoms with E-state index in [1.807, 2.05) is 0 Å². The van der Waals surface area contributed by atoms with Gasteiger partial charge in [-0.1, -0.05) is 25.7 Å². The molecule has 0 heterocycles. The first-order valence-electron chi connectivity index (χ1n) is 6.43. The molecule has 0 aromatic carbocycles. The van der Waals surface area contributed by atoms with Crippen LogP contribution in [0.2, 0.25) is 0 Å². The van der Waals surface area contributed by atoms with Gasteiger partial charge in [0.05, 0.1) is 0 Å². The standard InChI is InChI=1S/C13H22O3/c14-10-6-5-9-12(15)13(16)11-7-3-1-2-4-8-11/h11,14H,1-10H2. The molecule has 0 unspecified atom stereocenters. The summed E-state index contributed by atoms with van der Waals surface area (Å²) in [5.74, 6) is -0.385. The highest BCUT2D eigenvalue weighted by Crippen LogP contribution is 2.24. The Bertz CT molecular complexity index is 227. The van der Waals surface area contributed by atoms with Gasteiger partial charge in [-0.3, -0.25) is 9.59 Å². The average Bonchev–Trinajstić information content (AvgIpc) is 2.56. The molecule has 1 saturated carbocycles. The van der Waals surface area contributed by atoms with Crippen molar-refractivity contribution in [2.75, 3.05) is 6.61 Å². The first kappa shape index (κ1) is 13.4. The van der Waals surface area contributed by atoms with Crippen LogP contribution in [0.3, 0.4) is 0 Å². The lowest BCUT2D eigenvalue weighted by atomic mass is 9.91. The molecule has 0 aromatic heterocycles. The number of hydrogen-bond acceptors (Lipinski definition) is 3. The number of Topliss-reactive ketones (excluding diaryl/α,β-unsaturated/α-hetero) is 2. The molecular formula is C13H22O3. The van der Waals surface area contributed by atoms with Crippen molar-refractivity contribution in [3.8, 4) is 0 Å². The van der Waals surface area contributed by atoms with E-state index in [-0.39, 0.29) is 24.1 Å². The van der Waals surface area contributed by atoms with Crippen LogP contribution >= 0.6 is 0 Å². The van der Waals surface area contributed by atoms with Gasteiger partial charge in [0.2, 0.25) is 5.78 Å². The van der Waals surface area contributed by atoms with Gasteiger partial charge in [0, 0.05) is 18.9 Å². The van der Waals surface area contributed by atoms with Gasteiger partial charge in [0.25, 0.3) is 0 Å². The lowest BCUT2D eigenvalue weighted by Crippen LogP contribution is -2.23. The van der Waals surface area contributed by atoms with E-state index in [1.165, 1.54) is 12.8 Å². The number of carbonyl (C=O) groups excluding carboxylic acids is 2. The molecule has 1 aliphatic rings. The molecule has 3 nitrogen and oxygen atoms in total. The highest BCUT2D eigenvalue weighted by Gasteiger charge is 2.24. The molecule has 0 spiro atoms. The van der Waals surface area contributed by atoms with Crippen LogP contribution in [-0.2, 0) is 9.59 Å². The maximum Gasteiger partial charge on any atom is 0.201 e. The maximum atomic E-state index is 11.8. The van der Waals surface area contributed by atoms with Crippen molar-refractivity contribution in [3.63, 3.8) is 0 Å². The fourth-order valence-corrected chi connectivity index (χ4v) is 2.29. The average molecular weight is 226 g/mol. The second kappa shape index (κ2) is 7.55. The SMILES string of the molecule is O=C(CCCCO)C(=O)C1CCCCCC1. The van der Waals surface area contributed by atoms with E-state index >= 15 is 0 Å². The predicted molar refractivity (Wildman–Crippen MR) is 62.1 cm³/mol. The molecular weight excluding hydrogens is 204 g/mol. The largest absolute Gasteiger partial charge is 0.396 e. The lowest BCUT2D eigenvalue weighted by Gasteiger charge is -2.11. The number of unbranched alkanes of at least 4 members (excludes halogenated alkanes) is 1. The Morgan fingerprint density at radius 1 is 1.00 bits per heavy atom. The zero-order chi connectivity index (χ0) is 11.8. The highest BCUT2D eigenvalue weighted by molar-refractivity contribution is 6.37. The van der Waals surface area contributed by atoms with Crippen molar-refractivity contribution in [3.05, 3.63) is 0 Å². The van der Waals surface area contributed by atoms with Gasteiger partial charge < -0.3 is 5.11 Å². The van der Waals surface area contributed by atoms with Gasteiger partial charge in [-0.15, -0.1) is 0 Å². The normalized spacial score (nSPS) is 18.1. The summed E-state index contributed by atoms with van der Waals surface area (Å²) in [5.41, 5.74) is 0. The van der Waals surface area contributed by atoms with Gasteiger partial charge in [-0.25, -0.2) is 0 Å². The quantitative estimate of drug-likeness (QED) is 0.429. The van der Waals surface area contributed by atoms with Gasteiger partial charge >= 0.3 is 0 Å². The molecule has 1 N–H and O–H groups in total. The Balaban J connectivity index is 2.33. The maximum absolute atomic E-state index is 11.8. The van der Waals surface area contributed by atoms with E-state index < -0.39 is 0 Å². The van der Waals surface area contributed by atoms with Crippen molar-refractivity contribution >= 4 is 11.6 Å². The Labute approximate surface area is 97.2 Å². The van der Waals surface area contributed by atoms with Crippen LogP contribution in [-0.4, -0.2) is 23.3 Å². The fourth-order valence-electron chi connectivity index (χ4n) is 2.29. The third kappa shape index (κ3) is 4.44. The molecule has 92 valence electrons. The van der Waals surface area contributed by atoms with Crippen LogP contribution in [0.25, 0.3) is 0 Å². The molecule has 0 radical (unpaired) electrons. The van der Waals surface area contributed by atoms with Crippen LogP contribution in [0.5, 0.6) is 0 Å². The molecule has 1 aliphatic carbocycles. The second-order valence-corrected chi connectivity index (χ2v) is 4.66. The first-order chi connectivity index (χ1) is 7.75. The Morgan fingerprint density at radius 3 is 2.19 bits per heavy atom. The van der Waals surface area contributed by atoms with Crippen LogP contribution in [0, 0.1) is 5.92 Å². The predicted octanol–water partition coefficient (Wildman–Crippen LogP) is 2.26. The number of rotatable bonds is 6. The zero-order valence-corrected chi connectivity index (χ0v) is 9.91. The topological polar surface area (TPSA) is 54.4 Å². The van der Waals surface area contributed by atoms with Crippen LogP contribution in [0.15, 0.2) is 0 Å². The molecule has 0 aliphatic heterocycles. The third-order valence-corrected chi connectivity index (χ3v) is 3.31. The Kier molecular flexibility index (Phi) is 6.31. The fraction of sp³-hybridized carbons (Fsp3) is 0.846. The first-order valence-corrected chi connectivity index (χ1v) is 6.43. The van der Waals surface area contributed by atoms with Crippen LogP contribution in [0.1, 0.15) is 57.8 Å². The molecule has 16 heavy (non-hydrogen) atoms. The number of aliphatic hydroxyl groups excluding tert-OH is 1. The van der Waals surface area contributed by atoms with Crippen LogP contribution < -0.4 is 0 Å². The van der Waals surface area contributed by atoms with E-state index in [2.05, 4.69) is 0 Å². The van der Waals surface area contributed by atoms with E-state index in [4.69, 9.17) is 5.11 Å². The van der Waals surface area contributed by atoms with Crippen molar-refractivity contribution in [1.29, 1.82) is 0 Å². The summed E-state index contributed by atoms with van der Waals surface area (Å²) in [4.78, 5) is 23.4. The molecule has 1 rings (SSSR count). The summed E-state index contributed by atoms with van der Waals surface area (Å²) in [7, 11) is 0. The molecule has 1 fully saturated rings. The number of aliphatic hydroxyl groups is 1. The minimum Gasteiger partial charge on any atom is -0.396 e. The lowest BCUT2D eigenvalue weighted by molar-refractivity contribution is -0.139. The number of ketones is 2. The third-order valence-electron chi connectivity index (χ3n) is 3.31. The molecule has 3 heteroatoms. The minimum atomic E-state index is -0.222. The summed E-state index contributed by atoms with van der Waals surface area (Å²) in [6.45, 7) is 0.102. The summed E-state index contributed by atoms with van der Waals surface area (Å²) < 4.78 is 0. The second-order valence-electron chi connectivity index (χ2n) is 4.66. The molecule has 0 amide bonds. The van der Waals surface area contributed by atoms with Crippen molar-refractivity contribution < 1.29 is 14.7 Å². The Morgan fingerprint density at radius 2 is 1.62 bits per heavy atom. The molecule has 0 atom stereocenters. The smallest absolute Gasteiger partial charge is 0.201 e. The van der Waals surface area contributed by atoms with Crippen molar-refractivity contribution in [2.24, 2.45) is 5.92 Å². The van der Waals surface area contributed by atoms with Gasteiger partial charge in [-0.2, -0.15) is 0 Å². The summed E-state index contributed by atoms with van der Waals surface area (Å²) >= 11 is 0. The van der Waals surface area contributed by atoms with E-state index in [1.54, 1.807) is 0 Å². The minimum absolute atomic E-state index is 0.0101. The summed E-state index contributed by atoms with van der Waals surface area (Å²) in [5, 5.41) is 8.61. The Hall–Kier alpha value is -0.700. The number of carbonyl (C=O) groups is 2. The summed E-state index contributed by atoms with van der Waals surface area (Å²) in [6.07, 6.45) is 7.91. The molecule has 0 saturated heterocycles. The van der Waals surface area contributed by atoms with Crippen molar-refractivity contribution in [2.45, 2.75) is 57.8 Å². The van der Waals surface area contributed by atoms with Crippen LogP contribution in [0.4, 0.5) is 0 Å². The van der Waals surface area contributed by atoms with Gasteiger partial charge in [0.1, 0.15) is 0 Å². The van der Waals surface area contributed by atoms with Gasteiger partial charge in [0.15, 0.2) is 5.78 Å². The summed E-state index contributed by atoms with van der Waals surface area (Å²) in [6, 6.07) is 0. The molecule has 0 bridgehead atoms. The van der Waals surface area contributed by atoms with Crippen molar-refractivity contribution in [1.82, 2.24) is 0 Å². The molecule has 0 aromatic rings. The number of hydrogen-bond donors (Lipinski definition) is 1. The van der Waals surface area contributed by atoms with E-state index in [9.17, 15) is 9.59 Å².